The molecule has 1 N–H and O–H groups in total. The van der Waals surface area contributed by atoms with Gasteiger partial charge in [0.2, 0.25) is 9.84 Å². The lowest BCUT2D eigenvalue weighted by Gasteiger charge is -2.09. The van der Waals surface area contributed by atoms with Gasteiger partial charge in [0, 0.05) is 5.69 Å². The van der Waals surface area contributed by atoms with Gasteiger partial charge in [0.25, 0.3) is 10.0 Å². The van der Waals surface area contributed by atoms with Crippen molar-refractivity contribution in [2.75, 3.05) is 4.72 Å². The van der Waals surface area contributed by atoms with Crippen LogP contribution < -0.4 is 4.72 Å². The van der Waals surface area contributed by atoms with Gasteiger partial charge in [-0.05, 0) is 48.5 Å². The van der Waals surface area contributed by atoms with Crippen LogP contribution in [0.2, 0.25) is 0 Å². The van der Waals surface area contributed by atoms with E-state index in [0.29, 0.717) is 0 Å². The van der Waals surface area contributed by atoms with Crippen molar-refractivity contribution in [3.8, 4) is 0 Å². The number of nitrogens with one attached hydrogen (secondary N) is 1. The van der Waals surface area contributed by atoms with Gasteiger partial charge in [-0.2, -0.15) is 0 Å². The Kier molecular flexibility index (Phi) is 4.61. The number of hydrogen-bond acceptors (Lipinski definition) is 4. The number of anilines is 1. The highest BCUT2D eigenvalue weighted by Crippen LogP contribution is 2.23. The van der Waals surface area contributed by atoms with Crippen LogP contribution in [0, 0.1) is 0 Å². The molecule has 3 aromatic rings. The summed E-state index contributed by atoms with van der Waals surface area (Å²) >= 11 is 0. The Bertz CT molecular complexity index is 1060. The van der Waals surface area contributed by atoms with Gasteiger partial charge in [0.15, 0.2) is 0 Å². The highest BCUT2D eigenvalue weighted by Gasteiger charge is 2.18. The Morgan fingerprint density at radius 2 is 0.960 bits per heavy atom. The third kappa shape index (κ3) is 3.72. The molecule has 0 aliphatic rings. The molecular formula is C18H15NO4S2. The Morgan fingerprint density at radius 1 is 0.520 bits per heavy atom. The number of hydrogen-bond donors (Lipinski definition) is 1. The first kappa shape index (κ1) is 17.2. The molecule has 0 bridgehead atoms. The molecule has 128 valence electrons. The molecule has 7 heteroatoms. The minimum absolute atomic E-state index is 0.0985. The standard InChI is InChI=1S/C18H15NO4S2/c20-24(21,16-7-3-1-4-8-16)17-13-11-15(12-14-17)19-25(22,23)18-9-5-2-6-10-18/h1-14,19H. The van der Waals surface area contributed by atoms with Crippen molar-refractivity contribution < 1.29 is 16.8 Å². The van der Waals surface area contributed by atoms with Crippen LogP contribution in [-0.2, 0) is 19.9 Å². The van der Waals surface area contributed by atoms with E-state index < -0.39 is 19.9 Å². The van der Waals surface area contributed by atoms with Gasteiger partial charge < -0.3 is 0 Å². The fourth-order valence-corrected chi connectivity index (χ4v) is 4.61. The fourth-order valence-electron chi connectivity index (χ4n) is 2.25. The summed E-state index contributed by atoms with van der Waals surface area (Å²) in [6.45, 7) is 0. The number of sulfonamides is 1. The average Bonchev–Trinajstić information content (AvgIpc) is 2.63. The highest BCUT2D eigenvalue weighted by molar-refractivity contribution is 7.92. The molecule has 0 aliphatic carbocycles. The van der Waals surface area contributed by atoms with Crippen LogP contribution in [0.3, 0.4) is 0 Å². The molecular weight excluding hydrogens is 358 g/mol. The summed E-state index contributed by atoms with van der Waals surface area (Å²) in [6, 6.07) is 21.6. The maximum atomic E-state index is 12.5. The molecule has 0 saturated heterocycles. The van der Waals surface area contributed by atoms with E-state index in [0.717, 1.165) is 0 Å². The zero-order valence-electron chi connectivity index (χ0n) is 13.0. The van der Waals surface area contributed by atoms with Gasteiger partial charge in [-0.15, -0.1) is 0 Å². The van der Waals surface area contributed by atoms with E-state index in [2.05, 4.69) is 4.72 Å². The summed E-state index contributed by atoms with van der Waals surface area (Å²) in [5, 5.41) is 0. The Hall–Kier alpha value is -2.64. The first-order valence-corrected chi connectivity index (χ1v) is 10.3. The van der Waals surface area contributed by atoms with E-state index >= 15 is 0 Å². The van der Waals surface area contributed by atoms with Gasteiger partial charge in [0.1, 0.15) is 0 Å². The molecule has 0 radical (unpaired) electrons. The summed E-state index contributed by atoms with van der Waals surface area (Å²) in [5.74, 6) is 0. The maximum absolute atomic E-state index is 12.5. The Labute approximate surface area is 146 Å². The lowest BCUT2D eigenvalue weighted by atomic mass is 10.3. The van der Waals surface area contributed by atoms with E-state index in [4.69, 9.17) is 0 Å². The quantitative estimate of drug-likeness (QED) is 0.744. The smallest absolute Gasteiger partial charge is 0.261 e. The number of benzene rings is 3. The monoisotopic (exact) mass is 373 g/mol. The normalized spacial score (nSPS) is 11.8. The predicted molar refractivity (Wildman–Crippen MR) is 95.6 cm³/mol. The fraction of sp³-hybridized carbons (Fsp3) is 0. The van der Waals surface area contributed by atoms with Crippen LogP contribution in [0.5, 0.6) is 0 Å². The van der Waals surface area contributed by atoms with Crippen LogP contribution in [-0.4, -0.2) is 16.8 Å². The summed E-state index contributed by atoms with van der Waals surface area (Å²) in [4.78, 5) is 0.421. The molecule has 25 heavy (non-hydrogen) atoms. The van der Waals surface area contributed by atoms with Gasteiger partial charge in [0.05, 0.1) is 14.7 Å². The second-order valence-electron chi connectivity index (χ2n) is 5.26. The van der Waals surface area contributed by atoms with E-state index in [1.54, 1.807) is 36.4 Å². The lowest BCUT2D eigenvalue weighted by molar-refractivity contribution is 0.596. The van der Waals surface area contributed by atoms with Crippen LogP contribution in [0.4, 0.5) is 5.69 Å². The van der Waals surface area contributed by atoms with Crippen molar-refractivity contribution in [1.29, 1.82) is 0 Å². The number of sulfone groups is 1. The van der Waals surface area contributed by atoms with Crippen LogP contribution >= 0.6 is 0 Å². The van der Waals surface area contributed by atoms with E-state index in [1.807, 2.05) is 0 Å². The van der Waals surface area contributed by atoms with E-state index in [-0.39, 0.29) is 20.4 Å². The molecule has 0 unspecified atom stereocenters. The molecule has 0 aromatic heterocycles. The average molecular weight is 373 g/mol. The lowest BCUT2D eigenvalue weighted by Crippen LogP contribution is -2.12. The van der Waals surface area contributed by atoms with Crippen molar-refractivity contribution in [2.45, 2.75) is 14.7 Å². The summed E-state index contributed by atoms with van der Waals surface area (Å²) in [6.07, 6.45) is 0. The molecule has 5 nitrogen and oxygen atoms in total. The first-order valence-electron chi connectivity index (χ1n) is 7.38. The molecule has 3 rings (SSSR count). The van der Waals surface area contributed by atoms with Crippen LogP contribution in [0.1, 0.15) is 0 Å². The first-order chi connectivity index (χ1) is 11.9. The van der Waals surface area contributed by atoms with Gasteiger partial charge in [-0.25, -0.2) is 16.8 Å². The predicted octanol–water partition coefficient (Wildman–Crippen LogP) is 3.32. The second kappa shape index (κ2) is 6.70. The van der Waals surface area contributed by atoms with Crippen LogP contribution in [0.15, 0.2) is 99.6 Å². The van der Waals surface area contributed by atoms with Crippen molar-refractivity contribution in [1.82, 2.24) is 0 Å². The number of rotatable bonds is 5. The minimum Gasteiger partial charge on any atom is -0.280 e. The van der Waals surface area contributed by atoms with Crippen molar-refractivity contribution in [3.63, 3.8) is 0 Å². The molecule has 0 aliphatic heterocycles. The summed E-state index contributed by atoms with van der Waals surface area (Å²) < 4.78 is 52.0. The molecule has 3 aromatic carbocycles. The molecule has 0 saturated carbocycles. The van der Waals surface area contributed by atoms with Crippen LogP contribution in [0.25, 0.3) is 0 Å². The SMILES string of the molecule is O=S(=O)(Nc1ccc(S(=O)(=O)c2ccccc2)cc1)c1ccccc1. The van der Waals surface area contributed by atoms with Gasteiger partial charge in [-0.1, -0.05) is 36.4 Å². The van der Waals surface area contributed by atoms with Gasteiger partial charge >= 0.3 is 0 Å². The maximum Gasteiger partial charge on any atom is 0.261 e. The second-order valence-corrected chi connectivity index (χ2v) is 8.89. The minimum atomic E-state index is -3.71. The summed E-state index contributed by atoms with van der Waals surface area (Å²) in [5.41, 5.74) is 0.288. The Balaban J connectivity index is 1.86. The zero-order valence-corrected chi connectivity index (χ0v) is 14.7. The third-order valence-corrected chi connectivity index (χ3v) is 6.71. The molecule has 0 atom stereocenters. The molecule has 0 heterocycles. The van der Waals surface area contributed by atoms with Crippen molar-refractivity contribution >= 4 is 25.5 Å². The summed E-state index contributed by atoms with van der Waals surface area (Å²) in [7, 11) is -7.34. The van der Waals surface area contributed by atoms with Crippen molar-refractivity contribution in [2.24, 2.45) is 0 Å². The molecule has 0 fully saturated rings. The largest absolute Gasteiger partial charge is 0.280 e. The molecule has 0 amide bonds. The van der Waals surface area contributed by atoms with E-state index in [9.17, 15) is 16.8 Å². The zero-order chi connectivity index (χ0) is 17.9. The topological polar surface area (TPSA) is 80.3 Å². The molecule has 0 spiro atoms. The highest BCUT2D eigenvalue weighted by atomic mass is 32.2. The van der Waals surface area contributed by atoms with Crippen molar-refractivity contribution in [3.05, 3.63) is 84.9 Å². The third-order valence-electron chi connectivity index (χ3n) is 3.52. The Morgan fingerprint density at radius 3 is 1.48 bits per heavy atom. The van der Waals surface area contributed by atoms with E-state index in [1.165, 1.54) is 48.5 Å². The van der Waals surface area contributed by atoms with Gasteiger partial charge in [-0.3, -0.25) is 4.72 Å².